The summed E-state index contributed by atoms with van der Waals surface area (Å²) in [5, 5.41) is 5.22. The molecule has 6 aromatic carbocycles. The van der Waals surface area contributed by atoms with Gasteiger partial charge in [-0.3, -0.25) is 0 Å². The predicted octanol–water partition coefficient (Wildman–Crippen LogP) is 11.8. The zero-order valence-electron chi connectivity index (χ0n) is 24.1. The maximum Gasteiger partial charge on any atom is 0.0541 e. The predicted molar refractivity (Wildman–Crippen MR) is 183 cm³/mol. The lowest BCUT2D eigenvalue weighted by Gasteiger charge is -2.19. The molecule has 2 heterocycles. The molecule has 0 fully saturated rings. The molecule has 0 atom stereocenters. The number of para-hydroxylation sites is 1. The minimum atomic E-state index is 0.138. The zero-order valence-corrected chi connectivity index (χ0v) is 24.9. The monoisotopic (exact) mass is 557 g/mol. The molecule has 0 aliphatic rings. The maximum atomic E-state index is 2.41. The summed E-state index contributed by atoms with van der Waals surface area (Å²) >= 11 is 1.89. The Kier molecular flexibility index (Phi) is 5.64. The first-order valence-corrected chi connectivity index (χ1v) is 15.4. The normalized spacial score (nSPS) is 12.2. The second kappa shape index (κ2) is 9.44. The van der Waals surface area contributed by atoms with Crippen LogP contribution < -0.4 is 0 Å². The Morgan fingerprint density at radius 2 is 1.12 bits per heavy atom. The molecule has 0 aliphatic carbocycles. The van der Waals surface area contributed by atoms with Gasteiger partial charge in [0.15, 0.2) is 0 Å². The number of fused-ring (bicyclic) bond motifs is 6. The van der Waals surface area contributed by atoms with E-state index in [4.69, 9.17) is 0 Å². The summed E-state index contributed by atoms with van der Waals surface area (Å²) in [5.74, 6) is 0. The zero-order chi connectivity index (χ0) is 28.4. The van der Waals surface area contributed by atoms with Crippen LogP contribution in [0.25, 0.3) is 69.9 Å². The summed E-state index contributed by atoms with van der Waals surface area (Å²) in [6.07, 6.45) is 0. The van der Waals surface area contributed by atoms with Gasteiger partial charge in [-0.1, -0.05) is 112 Å². The van der Waals surface area contributed by atoms with E-state index >= 15 is 0 Å². The van der Waals surface area contributed by atoms with Crippen molar-refractivity contribution < 1.29 is 0 Å². The number of rotatable bonds is 3. The van der Waals surface area contributed by atoms with E-state index in [0.29, 0.717) is 0 Å². The van der Waals surface area contributed by atoms with E-state index in [9.17, 15) is 0 Å². The number of aromatic nitrogens is 1. The highest BCUT2D eigenvalue weighted by molar-refractivity contribution is 7.26. The first-order valence-electron chi connectivity index (χ1n) is 14.6. The van der Waals surface area contributed by atoms with Crippen molar-refractivity contribution >= 4 is 53.3 Å². The highest BCUT2D eigenvalue weighted by Gasteiger charge is 2.17. The first-order chi connectivity index (χ1) is 20.5. The largest absolute Gasteiger partial charge is 0.309 e. The lowest BCUT2D eigenvalue weighted by Crippen LogP contribution is -2.10. The van der Waals surface area contributed by atoms with Gasteiger partial charge in [-0.2, -0.15) is 0 Å². The van der Waals surface area contributed by atoms with Crippen molar-refractivity contribution in [2.75, 3.05) is 0 Å². The van der Waals surface area contributed by atoms with Gasteiger partial charge in [0.1, 0.15) is 0 Å². The average Bonchev–Trinajstić information content (AvgIpc) is 3.56. The Balaban J connectivity index is 1.37. The third-order valence-corrected chi connectivity index (χ3v) is 9.80. The van der Waals surface area contributed by atoms with Crippen LogP contribution in [0.3, 0.4) is 0 Å². The number of benzene rings is 6. The van der Waals surface area contributed by atoms with E-state index in [1.54, 1.807) is 0 Å². The van der Waals surface area contributed by atoms with Crippen LogP contribution >= 0.6 is 11.3 Å². The minimum Gasteiger partial charge on any atom is -0.309 e. The van der Waals surface area contributed by atoms with Gasteiger partial charge in [0.25, 0.3) is 0 Å². The number of thiophene rings is 1. The molecule has 0 radical (unpaired) electrons. The smallest absolute Gasteiger partial charge is 0.0541 e. The SMILES string of the molecule is CC(C)(C)c1ccc(-c2ccc3c(c2)c2cc(-c4cccc5c4sc4ccccc45)ccc2n3-c2ccccc2)cc1. The number of hydrogen-bond acceptors (Lipinski definition) is 1. The van der Waals surface area contributed by atoms with Crippen LogP contribution in [0.2, 0.25) is 0 Å². The molecular formula is C40H31NS. The van der Waals surface area contributed by atoms with Gasteiger partial charge in [0, 0.05) is 36.6 Å². The minimum absolute atomic E-state index is 0.138. The van der Waals surface area contributed by atoms with Gasteiger partial charge in [-0.25, -0.2) is 0 Å². The van der Waals surface area contributed by atoms with Crippen LogP contribution in [-0.4, -0.2) is 4.57 Å². The Labute approximate surface area is 250 Å². The van der Waals surface area contributed by atoms with Crippen molar-refractivity contribution in [3.8, 4) is 27.9 Å². The second-order valence-corrected chi connectivity index (χ2v) is 13.3. The summed E-state index contributed by atoms with van der Waals surface area (Å²) in [6, 6.07) is 49.2. The van der Waals surface area contributed by atoms with E-state index in [-0.39, 0.29) is 5.41 Å². The molecule has 0 saturated carbocycles. The maximum absolute atomic E-state index is 2.41. The van der Waals surface area contributed by atoms with Crippen molar-refractivity contribution in [2.45, 2.75) is 26.2 Å². The Bertz CT molecular complexity index is 2260. The van der Waals surface area contributed by atoms with Crippen molar-refractivity contribution in [1.82, 2.24) is 4.57 Å². The summed E-state index contributed by atoms with van der Waals surface area (Å²) in [5.41, 5.74) is 10.2. The van der Waals surface area contributed by atoms with Crippen molar-refractivity contribution in [3.05, 3.63) is 139 Å². The molecule has 0 spiro atoms. The number of hydrogen-bond donors (Lipinski definition) is 0. The van der Waals surface area contributed by atoms with Gasteiger partial charge in [-0.15, -0.1) is 11.3 Å². The van der Waals surface area contributed by atoms with E-state index < -0.39 is 0 Å². The molecule has 1 nitrogen and oxygen atoms in total. The van der Waals surface area contributed by atoms with Crippen LogP contribution in [-0.2, 0) is 5.41 Å². The lowest BCUT2D eigenvalue weighted by molar-refractivity contribution is 0.590. The Hall–Kier alpha value is -4.66. The Morgan fingerprint density at radius 1 is 0.500 bits per heavy atom. The molecule has 8 rings (SSSR count). The van der Waals surface area contributed by atoms with Gasteiger partial charge in [0.05, 0.1) is 11.0 Å². The molecule has 0 amide bonds. The molecular weight excluding hydrogens is 527 g/mol. The van der Waals surface area contributed by atoms with Gasteiger partial charge in [0.2, 0.25) is 0 Å². The van der Waals surface area contributed by atoms with E-state index in [1.807, 2.05) is 11.3 Å². The molecule has 0 aliphatic heterocycles. The highest BCUT2D eigenvalue weighted by atomic mass is 32.1. The number of nitrogens with zero attached hydrogens (tertiary/aromatic N) is 1. The summed E-state index contributed by atoms with van der Waals surface area (Å²) < 4.78 is 5.09. The fraction of sp³-hybridized carbons (Fsp3) is 0.100. The molecule has 8 aromatic rings. The fourth-order valence-electron chi connectivity index (χ4n) is 6.36. The van der Waals surface area contributed by atoms with E-state index in [1.165, 1.54) is 75.5 Å². The summed E-state index contributed by atoms with van der Waals surface area (Å²) in [6.45, 7) is 6.80. The van der Waals surface area contributed by atoms with Crippen LogP contribution in [0.15, 0.2) is 133 Å². The van der Waals surface area contributed by atoms with Gasteiger partial charge >= 0.3 is 0 Å². The Morgan fingerprint density at radius 3 is 1.86 bits per heavy atom. The van der Waals surface area contributed by atoms with Crippen molar-refractivity contribution in [3.63, 3.8) is 0 Å². The molecule has 2 aromatic heterocycles. The molecule has 0 saturated heterocycles. The van der Waals surface area contributed by atoms with Gasteiger partial charge in [-0.05, 0) is 75.7 Å². The first kappa shape index (κ1) is 25.1. The molecule has 0 N–H and O–H groups in total. The summed E-state index contributed by atoms with van der Waals surface area (Å²) in [4.78, 5) is 0. The molecule has 202 valence electrons. The van der Waals surface area contributed by atoms with Crippen molar-refractivity contribution in [1.29, 1.82) is 0 Å². The third kappa shape index (κ3) is 3.98. The summed E-state index contributed by atoms with van der Waals surface area (Å²) in [7, 11) is 0. The van der Waals surface area contributed by atoms with Crippen LogP contribution in [0.5, 0.6) is 0 Å². The van der Waals surface area contributed by atoms with E-state index in [0.717, 1.165) is 0 Å². The third-order valence-electron chi connectivity index (χ3n) is 8.58. The van der Waals surface area contributed by atoms with E-state index in [2.05, 4.69) is 159 Å². The topological polar surface area (TPSA) is 4.93 Å². The standard InChI is InChI=1S/C40H31NS/c1-40(2,3)29-20-16-26(17-21-29)27-18-22-36-34(24-27)35-25-28(19-23-37(35)41(36)30-10-5-4-6-11-30)31-13-9-14-33-32-12-7-8-15-38(32)42-39(31)33/h4-25H,1-3H3. The van der Waals surface area contributed by atoms with Crippen molar-refractivity contribution in [2.24, 2.45) is 0 Å². The molecule has 42 heavy (non-hydrogen) atoms. The highest BCUT2D eigenvalue weighted by Crippen LogP contribution is 2.42. The second-order valence-electron chi connectivity index (χ2n) is 12.2. The van der Waals surface area contributed by atoms with Crippen LogP contribution in [0, 0.1) is 0 Å². The fourth-order valence-corrected chi connectivity index (χ4v) is 7.60. The van der Waals surface area contributed by atoms with Crippen LogP contribution in [0.4, 0.5) is 0 Å². The lowest BCUT2D eigenvalue weighted by atomic mass is 9.86. The quantitative estimate of drug-likeness (QED) is 0.204. The molecule has 0 bridgehead atoms. The van der Waals surface area contributed by atoms with Crippen LogP contribution in [0.1, 0.15) is 26.3 Å². The molecule has 2 heteroatoms. The average molecular weight is 558 g/mol. The molecule has 0 unspecified atom stereocenters. The van der Waals surface area contributed by atoms with Gasteiger partial charge < -0.3 is 4.57 Å².